The molecule has 0 aromatic heterocycles. The zero-order valence-electron chi connectivity index (χ0n) is 12.8. The van der Waals surface area contributed by atoms with Crippen molar-refractivity contribution < 1.29 is 35.1 Å². The van der Waals surface area contributed by atoms with Gasteiger partial charge in [0.05, 0.1) is 5.56 Å². The van der Waals surface area contributed by atoms with E-state index >= 15 is 0 Å². The molecule has 2 aromatic carbocycles. The quantitative estimate of drug-likeness (QED) is 0.527. The molecule has 26 heavy (non-hydrogen) atoms. The Morgan fingerprint density at radius 1 is 0.731 bits per heavy atom. The van der Waals surface area contributed by atoms with E-state index in [-0.39, 0.29) is 24.2 Å². The Labute approximate surface area is 142 Å². The Balaban J connectivity index is 2.28. The normalized spacial score (nSPS) is 12.9. The van der Waals surface area contributed by atoms with Crippen LogP contribution in [0.2, 0.25) is 0 Å². The Bertz CT molecular complexity index is 738. The number of anilines is 1. The molecular formula is C16H12F8N2. The van der Waals surface area contributed by atoms with E-state index in [9.17, 15) is 35.1 Å². The van der Waals surface area contributed by atoms with Crippen LogP contribution in [0.15, 0.2) is 48.5 Å². The maximum absolute atomic E-state index is 13.6. The maximum atomic E-state index is 13.6. The molecule has 0 aliphatic heterocycles. The Morgan fingerprint density at radius 2 is 1.35 bits per heavy atom. The second kappa shape index (κ2) is 7.10. The Kier molecular flexibility index (Phi) is 5.45. The van der Waals surface area contributed by atoms with Gasteiger partial charge in [0.2, 0.25) is 0 Å². The van der Waals surface area contributed by atoms with Crippen LogP contribution in [0.1, 0.15) is 16.7 Å². The molecule has 0 saturated heterocycles. The lowest BCUT2D eigenvalue weighted by atomic mass is 9.97. The van der Waals surface area contributed by atoms with Crippen LogP contribution in [-0.2, 0) is 18.6 Å². The van der Waals surface area contributed by atoms with Gasteiger partial charge in [0.1, 0.15) is 0 Å². The molecule has 2 aromatic rings. The van der Waals surface area contributed by atoms with Gasteiger partial charge in [-0.1, -0.05) is 24.3 Å². The molecule has 0 atom stereocenters. The highest BCUT2D eigenvalue weighted by Crippen LogP contribution is 2.48. The van der Waals surface area contributed by atoms with E-state index in [4.69, 9.17) is 0 Å². The highest BCUT2D eigenvalue weighted by Gasteiger charge is 2.61. The summed E-state index contributed by atoms with van der Waals surface area (Å²) in [6.07, 6.45) is -11.5. The lowest BCUT2D eigenvalue weighted by molar-refractivity contribution is -0.291. The van der Waals surface area contributed by atoms with Crippen LogP contribution in [0, 0.1) is 0 Å². The second-order valence-electron chi connectivity index (χ2n) is 5.29. The number of nitrogens with one attached hydrogen (secondary N) is 2. The van der Waals surface area contributed by atoms with Gasteiger partial charge in [-0.05, 0) is 29.8 Å². The summed E-state index contributed by atoms with van der Waals surface area (Å²) in [5.74, 6) is -5.64. The highest BCUT2D eigenvalue weighted by molar-refractivity contribution is 5.42. The molecule has 0 bridgehead atoms. The minimum Gasteiger partial charge on any atom is -0.321 e. The molecule has 0 spiro atoms. The van der Waals surface area contributed by atoms with E-state index in [1.165, 1.54) is 0 Å². The standard InChI is InChI=1S/C16H12F8N2/c17-14(18,16(22,23)24)13-8-10(6-7-12(13)15(19,20)21)9-25-26-11-4-2-1-3-5-11/h1-8,25-26H,9H2. The molecule has 0 aliphatic carbocycles. The van der Waals surface area contributed by atoms with E-state index < -0.39 is 29.4 Å². The van der Waals surface area contributed by atoms with E-state index in [1.807, 2.05) is 0 Å². The topological polar surface area (TPSA) is 24.1 Å². The van der Waals surface area contributed by atoms with Crippen LogP contribution in [0.3, 0.4) is 0 Å². The number of hydrogen-bond acceptors (Lipinski definition) is 2. The third-order valence-electron chi connectivity index (χ3n) is 3.38. The van der Waals surface area contributed by atoms with Crippen molar-refractivity contribution in [3.8, 4) is 0 Å². The fourth-order valence-corrected chi connectivity index (χ4v) is 2.13. The van der Waals surface area contributed by atoms with Crippen molar-refractivity contribution in [3.05, 3.63) is 65.2 Å². The SMILES string of the molecule is FC(F)(F)c1ccc(CNNc2ccccc2)cc1C(F)(F)C(F)(F)F. The third kappa shape index (κ3) is 4.43. The number of hydrazine groups is 1. The van der Waals surface area contributed by atoms with Gasteiger partial charge in [0, 0.05) is 17.8 Å². The molecule has 0 radical (unpaired) electrons. The molecule has 2 N–H and O–H groups in total. The minimum absolute atomic E-state index is 0.180. The largest absolute Gasteiger partial charge is 0.458 e. The van der Waals surface area contributed by atoms with Crippen molar-refractivity contribution in [1.29, 1.82) is 0 Å². The fourth-order valence-electron chi connectivity index (χ4n) is 2.13. The molecule has 0 fully saturated rings. The third-order valence-corrected chi connectivity index (χ3v) is 3.38. The number of benzene rings is 2. The van der Waals surface area contributed by atoms with Crippen LogP contribution < -0.4 is 10.9 Å². The van der Waals surface area contributed by atoms with Crippen molar-refractivity contribution in [2.75, 3.05) is 5.43 Å². The van der Waals surface area contributed by atoms with E-state index in [0.29, 0.717) is 5.69 Å². The Hall–Kier alpha value is -2.36. The van der Waals surface area contributed by atoms with Crippen molar-refractivity contribution in [2.24, 2.45) is 0 Å². The van der Waals surface area contributed by atoms with Gasteiger partial charge in [-0.2, -0.15) is 35.1 Å². The van der Waals surface area contributed by atoms with Gasteiger partial charge in [-0.3, -0.25) is 0 Å². The average molecular weight is 384 g/mol. The summed E-state index contributed by atoms with van der Waals surface area (Å²) in [6.45, 7) is -0.284. The first kappa shape index (κ1) is 20.0. The number of hydrogen-bond donors (Lipinski definition) is 2. The highest BCUT2D eigenvalue weighted by atomic mass is 19.4. The monoisotopic (exact) mass is 384 g/mol. The van der Waals surface area contributed by atoms with Gasteiger partial charge in [0.25, 0.3) is 0 Å². The molecule has 0 heterocycles. The molecule has 0 amide bonds. The molecule has 2 rings (SSSR count). The summed E-state index contributed by atoms with van der Waals surface area (Å²) in [5, 5.41) is 0. The average Bonchev–Trinajstić information content (AvgIpc) is 2.53. The summed E-state index contributed by atoms with van der Waals surface area (Å²) in [6, 6.07) is 9.63. The van der Waals surface area contributed by atoms with Gasteiger partial charge >= 0.3 is 18.3 Å². The van der Waals surface area contributed by atoms with Crippen LogP contribution >= 0.6 is 0 Å². The fraction of sp³-hybridized carbons (Fsp3) is 0.250. The first-order valence-electron chi connectivity index (χ1n) is 7.12. The van der Waals surface area contributed by atoms with Crippen molar-refractivity contribution in [2.45, 2.75) is 24.8 Å². The van der Waals surface area contributed by atoms with Gasteiger partial charge in [0.15, 0.2) is 0 Å². The molecule has 2 nitrogen and oxygen atoms in total. The summed E-state index contributed by atoms with van der Waals surface area (Å²) < 4.78 is 103. The molecule has 10 heteroatoms. The van der Waals surface area contributed by atoms with E-state index in [2.05, 4.69) is 10.9 Å². The summed E-state index contributed by atoms with van der Waals surface area (Å²) >= 11 is 0. The van der Waals surface area contributed by atoms with E-state index in [0.717, 1.165) is 6.07 Å². The summed E-state index contributed by atoms with van der Waals surface area (Å²) in [5.41, 5.74) is 1.41. The Morgan fingerprint density at radius 3 is 1.88 bits per heavy atom. The molecule has 142 valence electrons. The minimum atomic E-state index is -6.15. The number of halogens is 8. The van der Waals surface area contributed by atoms with Crippen LogP contribution in [0.25, 0.3) is 0 Å². The zero-order chi connectivity index (χ0) is 19.6. The van der Waals surface area contributed by atoms with Crippen LogP contribution in [-0.4, -0.2) is 6.18 Å². The summed E-state index contributed by atoms with van der Waals surface area (Å²) in [4.78, 5) is 0. The predicted molar refractivity (Wildman–Crippen MR) is 78.3 cm³/mol. The van der Waals surface area contributed by atoms with Crippen molar-refractivity contribution in [1.82, 2.24) is 5.43 Å². The van der Waals surface area contributed by atoms with Gasteiger partial charge in [-0.15, -0.1) is 0 Å². The first-order valence-corrected chi connectivity index (χ1v) is 7.12. The molecular weight excluding hydrogens is 372 g/mol. The number of alkyl halides is 8. The molecule has 0 saturated carbocycles. The number of para-hydroxylation sites is 1. The lowest BCUT2D eigenvalue weighted by Gasteiger charge is -2.24. The lowest BCUT2D eigenvalue weighted by Crippen LogP contribution is -2.36. The van der Waals surface area contributed by atoms with Crippen molar-refractivity contribution in [3.63, 3.8) is 0 Å². The summed E-state index contributed by atoms with van der Waals surface area (Å²) in [7, 11) is 0. The molecule has 0 aliphatic rings. The maximum Gasteiger partial charge on any atom is 0.458 e. The molecule has 0 unspecified atom stereocenters. The van der Waals surface area contributed by atoms with Crippen LogP contribution in [0.5, 0.6) is 0 Å². The first-order chi connectivity index (χ1) is 11.9. The smallest absolute Gasteiger partial charge is 0.321 e. The van der Waals surface area contributed by atoms with Crippen LogP contribution in [0.4, 0.5) is 40.8 Å². The van der Waals surface area contributed by atoms with Crippen molar-refractivity contribution >= 4 is 5.69 Å². The number of rotatable bonds is 5. The zero-order valence-corrected chi connectivity index (χ0v) is 12.8. The van der Waals surface area contributed by atoms with E-state index in [1.54, 1.807) is 30.3 Å². The van der Waals surface area contributed by atoms with Gasteiger partial charge in [-0.25, -0.2) is 5.43 Å². The second-order valence-corrected chi connectivity index (χ2v) is 5.29. The predicted octanol–water partition coefficient (Wildman–Crippen LogP) is 5.48. The van der Waals surface area contributed by atoms with Gasteiger partial charge < -0.3 is 5.43 Å².